The number of aryl methyl sites for hydroxylation is 2. The van der Waals surface area contributed by atoms with E-state index in [2.05, 4.69) is 22.5 Å². The van der Waals surface area contributed by atoms with Crippen molar-refractivity contribution in [3.63, 3.8) is 0 Å². The number of nitrogens with zero attached hydrogens (tertiary/aromatic N) is 2. The maximum Gasteiger partial charge on any atom is 0.308 e. The van der Waals surface area contributed by atoms with Gasteiger partial charge in [0.25, 0.3) is 5.56 Å². The molecule has 0 aliphatic heterocycles. The molecule has 2 heterocycles. The minimum Gasteiger partial charge on any atom is -0.462 e. The summed E-state index contributed by atoms with van der Waals surface area (Å²) in [5.41, 5.74) is 10.3. The Labute approximate surface area is 194 Å². The van der Waals surface area contributed by atoms with Gasteiger partial charge in [0.05, 0.1) is 23.6 Å². The zero-order chi connectivity index (χ0) is 24.5. The first-order chi connectivity index (χ1) is 15.7. The highest BCUT2D eigenvalue weighted by atomic mass is 16.5. The Morgan fingerprint density at radius 3 is 2.48 bits per heavy atom. The number of benzene rings is 1. The van der Waals surface area contributed by atoms with Crippen molar-refractivity contribution in [1.82, 2.24) is 14.5 Å². The fraction of sp³-hybridized carbons (Fsp3) is 0.480. The molecule has 0 aliphatic carbocycles. The van der Waals surface area contributed by atoms with E-state index in [1.54, 1.807) is 20.0 Å². The molecule has 33 heavy (non-hydrogen) atoms. The summed E-state index contributed by atoms with van der Waals surface area (Å²) in [6.07, 6.45) is 2.88. The summed E-state index contributed by atoms with van der Waals surface area (Å²) in [5, 5.41) is 8.88. The van der Waals surface area contributed by atoms with Gasteiger partial charge in [-0.05, 0) is 57.4 Å². The van der Waals surface area contributed by atoms with Crippen LogP contribution in [0.15, 0.2) is 35.3 Å². The fourth-order valence-electron chi connectivity index (χ4n) is 3.50. The molecule has 2 aromatic heterocycles. The first-order valence-corrected chi connectivity index (χ1v) is 11.5. The zero-order valence-corrected chi connectivity index (χ0v) is 20.2. The van der Waals surface area contributed by atoms with E-state index in [0.717, 1.165) is 47.4 Å². The number of nitrogens with one attached hydrogen (secondary N) is 1. The Balaban J connectivity index is 0.000000277. The van der Waals surface area contributed by atoms with Crippen molar-refractivity contribution in [2.24, 2.45) is 5.73 Å². The van der Waals surface area contributed by atoms with Gasteiger partial charge in [-0.25, -0.2) is 4.98 Å². The summed E-state index contributed by atoms with van der Waals surface area (Å²) in [6, 6.07) is 7.97. The van der Waals surface area contributed by atoms with Gasteiger partial charge in [0.15, 0.2) is 0 Å². The second-order valence-corrected chi connectivity index (χ2v) is 8.09. The molecule has 0 aliphatic rings. The van der Waals surface area contributed by atoms with Crippen molar-refractivity contribution in [1.29, 1.82) is 0 Å². The average Bonchev–Trinajstić information content (AvgIpc) is 3.16. The van der Waals surface area contributed by atoms with Gasteiger partial charge in [-0.3, -0.25) is 9.59 Å². The van der Waals surface area contributed by atoms with Crippen molar-refractivity contribution in [2.45, 2.75) is 79.2 Å². The molecule has 8 heteroatoms. The van der Waals surface area contributed by atoms with Crippen molar-refractivity contribution >= 4 is 17.0 Å². The van der Waals surface area contributed by atoms with Gasteiger partial charge < -0.3 is 25.1 Å². The summed E-state index contributed by atoms with van der Waals surface area (Å²) in [4.78, 5) is 30.0. The quantitative estimate of drug-likeness (QED) is 0.445. The Hall–Kier alpha value is -2.97. The number of aromatic amines is 1. The lowest BCUT2D eigenvalue weighted by atomic mass is 10.2. The lowest BCUT2D eigenvalue weighted by Gasteiger charge is -2.14. The largest absolute Gasteiger partial charge is 0.462 e. The van der Waals surface area contributed by atoms with Crippen LogP contribution in [-0.2, 0) is 22.6 Å². The number of esters is 1. The number of carbonyl (C=O) groups excluding carboxylic acids is 1. The average molecular weight is 457 g/mol. The second-order valence-electron chi connectivity index (χ2n) is 8.09. The van der Waals surface area contributed by atoms with Gasteiger partial charge >= 0.3 is 5.97 Å². The van der Waals surface area contributed by atoms with E-state index in [4.69, 9.17) is 20.6 Å². The minimum absolute atomic E-state index is 0.0104. The summed E-state index contributed by atoms with van der Waals surface area (Å²) >= 11 is 0. The molecule has 1 unspecified atom stereocenters. The molecule has 1 atom stereocenters. The third-order valence-corrected chi connectivity index (χ3v) is 5.38. The molecule has 0 saturated heterocycles. The number of imidazole rings is 1. The first kappa shape index (κ1) is 26.3. The topological polar surface area (TPSA) is 123 Å². The lowest BCUT2D eigenvalue weighted by molar-refractivity contribution is -0.151. The molecule has 0 amide bonds. The highest BCUT2D eigenvalue weighted by Gasteiger charge is 2.13. The number of rotatable bonds is 8. The van der Waals surface area contributed by atoms with E-state index in [9.17, 15) is 9.59 Å². The number of H-pyrrole nitrogens is 1. The van der Waals surface area contributed by atoms with Gasteiger partial charge in [-0.15, -0.1) is 0 Å². The van der Waals surface area contributed by atoms with Crippen LogP contribution >= 0.6 is 0 Å². The van der Waals surface area contributed by atoms with Crippen LogP contribution in [0.4, 0.5) is 0 Å². The molecule has 0 saturated carbocycles. The number of carbonyl (C=O) groups is 1. The van der Waals surface area contributed by atoms with Gasteiger partial charge in [-0.2, -0.15) is 0 Å². The maximum absolute atomic E-state index is 11.5. The number of pyridine rings is 1. The number of fused-ring (bicyclic) bond motifs is 1. The van der Waals surface area contributed by atoms with Crippen molar-refractivity contribution in [3.05, 3.63) is 51.9 Å². The van der Waals surface area contributed by atoms with Crippen LogP contribution in [0.5, 0.6) is 0 Å². The number of nitrogens with two attached hydrogens (primary N) is 1. The molecular formula is C25H36N4O4. The number of hydrogen-bond acceptors (Lipinski definition) is 6. The van der Waals surface area contributed by atoms with E-state index in [1.165, 1.54) is 0 Å². The van der Waals surface area contributed by atoms with Crippen LogP contribution in [0.3, 0.4) is 0 Å². The number of aromatic nitrogens is 3. The predicted molar refractivity (Wildman–Crippen MR) is 131 cm³/mol. The Bertz CT molecular complexity index is 1110. The van der Waals surface area contributed by atoms with Crippen LogP contribution in [0.25, 0.3) is 22.4 Å². The summed E-state index contributed by atoms with van der Waals surface area (Å²) < 4.78 is 7.20. The molecule has 1 aromatic carbocycles. The molecular weight excluding hydrogens is 420 g/mol. The smallest absolute Gasteiger partial charge is 0.308 e. The molecule has 3 aromatic rings. The van der Waals surface area contributed by atoms with Gasteiger partial charge in [0.2, 0.25) is 0 Å². The van der Waals surface area contributed by atoms with Gasteiger partial charge in [0, 0.05) is 30.4 Å². The molecule has 3 rings (SSSR count). The van der Waals surface area contributed by atoms with E-state index >= 15 is 0 Å². The first-order valence-electron chi connectivity index (χ1n) is 11.5. The number of hydrogen-bond donors (Lipinski definition) is 3. The minimum atomic E-state index is -0.605. The van der Waals surface area contributed by atoms with Crippen LogP contribution in [0.2, 0.25) is 0 Å². The van der Waals surface area contributed by atoms with Crippen LogP contribution in [-0.4, -0.2) is 37.8 Å². The van der Waals surface area contributed by atoms with Crippen LogP contribution in [0, 0.1) is 6.92 Å². The Morgan fingerprint density at radius 2 is 1.94 bits per heavy atom. The van der Waals surface area contributed by atoms with Crippen LogP contribution in [0.1, 0.15) is 58.1 Å². The molecule has 180 valence electrons. The fourth-order valence-corrected chi connectivity index (χ4v) is 3.50. The van der Waals surface area contributed by atoms with E-state index < -0.39 is 6.10 Å². The Morgan fingerprint density at radius 1 is 1.24 bits per heavy atom. The standard InChI is InChI=1S/C16H18N4O.C9H18O3/c1-3-20-14-5-4-11(8-17)7-13(14)19-15(20)12-6-10(2)16(21)18-9-12;1-4-8(5-2)12-9(11)6-7(3)10/h4-7,9H,3,8,17H2,1-2H3,(H,18,21);7-8,10H,4-6H2,1-3H3. The summed E-state index contributed by atoms with van der Waals surface area (Å²) in [5.74, 6) is 0.555. The predicted octanol–water partition coefficient (Wildman–Crippen LogP) is 3.67. The molecule has 0 bridgehead atoms. The summed E-state index contributed by atoms with van der Waals surface area (Å²) in [6.45, 7) is 10.7. The summed E-state index contributed by atoms with van der Waals surface area (Å²) in [7, 11) is 0. The van der Waals surface area contributed by atoms with E-state index in [1.807, 2.05) is 32.0 Å². The monoisotopic (exact) mass is 456 g/mol. The highest BCUT2D eigenvalue weighted by Crippen LogP contribution is 2.25. The maximum atomic E-state index is 11.5. The normalized spacial score (nSPS) is 11.9. The molecule has 0 radical (unpaired) electrons. The van der Waals surface area contributed by atoms with Crippen molar-refractivity contribution in [2.75, 3.05) is 0 Å². The number of aliphatic hydroxyl groups is 1. The van der Waals surface area contributed by atoms with Crippen molar-refractivity contribution < 1.29 is 14.6 Å². The molecule has 8 nitrogen and oxygen atoms in total. The van der Waals surface area contributed by atoms with Crippen LogP contribution < -0.4 is 11.3 Å². The highest BCUT2D eigenvalue weighted by molar-refractivity contribution is 5.81. The zero-order valence-electron chi connectivity index (χ0n) is 20.2. The third kappa shape index (κ3) is 7.00. The third-order valence-electron chi connectivity index (χ3n) is 5.38. The number of aliphatic hydroxyl groups excluding tert-OH is 1. The Kier molecular flexibility index (Phi) is 9.81. The molecule has 0 spiro atoms. The van der Waals surface area contributed by atoms with E-state index in [-0.39, 0.29) is 24.1 Å². The lowest BCUT2D eigenvalue weighted by Crippen LogP contribution is -2.19. The SMILES string of the molecule is CCC(CC)OC(=O)CC(C)O.CCn1c(-c2c[nH]c(=O)c(C)c2)nc2cc(CN)ccc21. The van der Waals surface area contributed by atoms with Gasteiger partial charge in [0.1, 0.15) is 11.9 Å². The number of ether oxygens (including phenoxy) is 1. The molecule has 0 fully saturated rings. The molecule has 4 N–H and O–H groups in total. The van der Waals surface area contributed by atoms with E-state index in [0.29, 0.717) is 12.1 Å². The van der Waals surface area contributed by atoms with Crippen molar-refractivity contribution in [3.8, 4) is 11.4 Å². The van der Waals surface area contributed by atoms with Gasteiger partial charge in [-0.1, -0.05) is 19.9 Å². The second kappa shape index (κ2) is 12.3.